The van der Waals surface area contributed by atoms with Crippen molar-refractivity contribution in [2.75, 3.05) is 5.32 Å². The summed E-state index contributed by atoms with van der Waals surface area (Å²) in [5.41, 5.74) is 1.75. The minimum Gasteiger partial charge on any atom is -0.459 e. The summed E-state index contributed by atoms with van der Waals surface area (Å²) in [7, 11) is 0. The largest absolute Gasteiger partial charge is 0.459 e. The molecule has 6 heteroatoms. The number of hydrogen-bond acceptors (Lipinski definition) is 4. The number of anilines is 1. The predicted octanol–water partition coefficient (Wildman–Crippen LogP) is 2.28. The molecule has 0 unspecified atom stereocenters. The molecular weight excluding hydrogens is 270 g/mol. The van der Waals surface area contributed by atoms with E-state index in [1.807, 2.05) is 6.07 Å². The number of benzene rings is 1. The van der Waals surface area contributed by atoms with Crippen LogP contribution in [0.25, 0.3) is 11.3 Å². The Kier molecular flexibility index (Phi) is 3.34. The Balaban J connectivity index is 1.85. The van der Waals surface area contributed by atoms with Gasteiger partial charge in [0.2, 0.25) is 0 Å². The van der Waals surface area contributed by atoms with Gasteiger partial charge in [-0.1, -0.05) is 12.1 Å². The number of aromatic nitrogens is 2. The number of hydrogen-bond donors (Lipinski definition) is 2. The molecule has 1 amide bonds. The molecule has 1 aromatic carbocycles. The summed E-state index contributed by atoms with van der Waals surface area (Å²) in [5, 5.41) is 9.06. The fourth-order valence-corrected chi connectivity index (χ4v) is 1.86. The molecule has 21 heavy (non-hydrogen) atoms. The number of rotatable bonds is 3. The Morgan fingerprint density at radius 3 is 2.76 bits per heavy atom. The van der Waals surface area contributed by atoms with E-state index in [0.717, 1.165) is 5.56 Å². The first-order valence-electron chi connectivity index (χ1n) is 6.23. The fourth-order valence-electron chi connectivity index (χ4n) is 1.86. The van der Waals surface area contributed by atoms with E-state index < -0.39 is 0 Å². The highest BCUT2D eigenvalue weighted by Crippen LogP contribution is 2.20. The van der Waals surface area contributed by atoms with Crippen LogP contribution in [0, 0.1) is 0 Å². The van der Waals surface area contributed by atoms with Crippen molar-refractivity contribution >= 4 is 11.6 Å². The number of carbonyl (C=O) groups excluding carboxylic acids is 1. The molecule has 2 aromatic heterocycles. The molecule has 0 spiro atoms. The van der Waals surface area contributed by atoms with Crippen molar-refractivity contribution in [1.29, 1.82) is 0 Å². The molecule has 0 saturated heterocycles. The fraction of sp³-hybridized carbons (Fsp3) is 0. The van der Waals surface area contributed by atoms with Crippen molar-refractivity contribution in [1.82, 2.24) is 10.2 Å². The van der Waals surface area contributed by atoms with Gasteiger partial charge in [-0.3, -0.25) is 9.59 Å². The van der Waals surface area contributed by atoms with Crippen LogP contribution in [0.3, 0.4) is 0 Å². The number of H-pyrrole nitrogens is 1. The van der Waals surface area contributed by atoms with Crippen LogP contribution in [0.15, 0.2) is 64.0 Å². The normalized spacial score (nSPS) is 10.3. The van der Waals surface area contributed by atoms with Crippen LogP contribution in [0.2, 0.25) is 0 Å². The number of amides is 1. The van der Waals surface area contributed by atoms with E-state index in [4.69, 9.17) is 4.42 Å². The maximum Gasteiger partial charge on any atom is 0.291 e. The standard InChI is InChI=1S/C15H11N3O3/c19-14-7-6-12(17-18-14)10-3-1-4-11(9-10)16-15(20)13-5-2-8-21-13/h1-9H,(H,16,20)(H,18,19). The molecule has 2 heterocycles. The van der Waals surface area contributed by atoms with Gasteiger partial charge in [0.15, 0.2) is 5.76 Å². The molecule has 3 rings (SSSR count). The maximum absolute atomic E-state index is 11.9. The predicted molar refractivity (Wildman–Crippen MR) is 77.0 cm³/mol. The Labute approximate surface area is 119 Å². The average molecular weight is 281 g/mol. The molecule has 0 bridgehead atoms. The minimum absolute atomic E-state index is 0.238. The van der Waals surface area contributed by atoms with Crippen LogP contribution in [0.1, 0.15) is 10.6 Å². The zero-order chi connectivity index (χ0) is 14.7. The van der Waals surface area contributed by atoms with E-state index in [9.17, 15) is 9.59 Å². The van der Waals surface area contributed by atoms with Crippen LogP contribution in [0.4, 0.5) is 5.69 Å². The monoisotopic (exact) mass is 281 g/mol. The lowest BCUT2D eigenvalue weighted by Gasteiger charge is -2.05. The van der Waals surface area contributed by atoms with Crippen molar-refractivity contribution in [2.45, 2.75) is 0 Å². The summed E-state index contributed by atoms with van der Waals surface area (Å²) >= 11 is 0. The van der Waals surface area contributed by atoms with Crippen molar-refractivity contribution in [3.05, 3.63) is 70.9 Å². The maximum atomic E-state index is 11.9. The highest BCUT2D eigenvalue weighted by Gasteiger charge is 2.09. The first kappa shape index (κ1) is 12.9. The van der Waals surface area contributed by atoms with E-state index in [1.54, 1.807) is 36.4 Å². The average Bonchev–Trinajstić information content (AvgIpc) is 3.02. The van der Waals surface area contributed by atoms with Crippen molar-refractivity contribution < 1.29 is 9.21 Å². The second-order valence-electron chi connectivity index (χ2n) is 4.32. The molecule has 0 fully saturated rings. The van der Waals surface area contributed by atoms with E-state index in [2.05, 4.69) is 15.5 Å². The van der Waals surface area contributed by atoms with Gasteiger partial charge in [-0.15, -0.1) is 0 Å². The van der Waals surface area contributed by atoms with Crippen molar-refractivity contribution in [3.63, 3.8) is 0 Å². The van der Waals surface area contributed by atoms with E-state index in [1.165, 1.54) is 12.3 Å². The Morgan fingerprint density at radius 2 is 2.05 bits per heavy atom. The van der Waals surface area contributed by atoms with Crippen molar-refractivity contribution in [3.8, 4) is 11.3 Å². The molecule has 6 nitrogen and oxygen atoms in total. The summed E-state index contributed by atoms with van der Waals surface area (Å²) < 4.78 is 5.03. The van der Waals surface area contributed by atoms with Crippen LogP contribution in [0.5, 0.6) is 0 Å². The summed E-state index contributed by atoms with van der Waals surface area (Å²) in [6, 6.07) is 13.4. The van der Waals surface area contributed by atoms with Crippen molar-refractivity contribution in [2.24, 2.45) is 0 Å². The van der Waals surface area contributed by atoms with Gasteiger partial charge in [-0.2, -0.15) is 5.10 Å². The minimum atomic E-state index is -0.327. The molecule has 2 N–H and O–H groups in total. The topological polar surface area (TPSA) is 88.0 Å². The smallest absolute Gasteiger partial charge is 0.291 e. The Hall–Kier alpha value is -3.15. The highest BCUT2D eigenvalue weighted by molar-refractivity contribution is 6.02. The third kappa shape index (κ3) is 2.89. The number of nitrogens with one attached hydrogen (secondary N) is 2. The van der Waals surface area contributed by atoms with Gasteiger partial charge in [0.05, 0.1) is 12.0 Å². The lowest BCUT2D eigenvalue weighted by atomic mass is 10.1. The van der Waals surface area contributed by atoms with Crippen LogP contribution >= 0.6 is 0 Å². The van der Waals surface area contributed by atoms with Gasteiger partial charge in [0.1, 0.15) is 0 Å². The van der Waals surface area contributed by atoms with E-state index in [-0.39, 0.29) is 17.2 Å². The number of aromatic amines is 1. The van der Waals surface area contributed by atoms with Crippen LogP contribution in [-0.4, -0.2) is 16.1 Å². The summed E-state index contributed by atoms with van der Waals surface area (Å²) in [6.07, 6.45) is 1.44. The quantitative estimate of drug-likeness (QED) is 0.771. The molecule has 0 radical (unpaired) electrons. The molecular formula is C15H11N3O3. The number of nitrogens with zero attached hydrogens (tertiary/aromatic N) is 1. The lowest BCUT2D eigenvalue weighted by molar-refractivity contribution is 0.0996. The molecule has 0 atom stereocenters. The Morgan fingerprint density at radius 1 is 1.14 bits per heavy atom. The summed E-state index contributed by atoms with van der Waals surface area (Å²) in [5.74, 6) is -0.0888. The van der Waals surface area contributed by atoms with E-state index >= 15 is 0 Å². The second-order valence-corrected chi connectivity index (χ2v) is 4.32. The molecule has 0 aliphatic heterocycles. The van der Waals surface area contributed by atoms with Gasteiger partial charge in [0, 0.05) is 17.3 Å². The van der Waals surface area contributed by atoms with Gasteiger partial charge in [-0.05, 0) is 30.3 Å². The number of carbonyl (C=O) groups is 1. The Bertz CT molecular complexity index is 802. The van der Waals surface area contributed by atoms with Gasteiger partial charge in [0.25, 0.3) is 11.5 Å². The third-order valence-electron chi connectivity index (χ3n) is 2.84. The molecule has 0 saturated carbocycles. The first-order valence-corrected chi connectivity index (χ1v) is 6.23. The SMILES string of the molecule is O=C(Nc1cccc(-c2ccc(=O)[nH]n2)c1)c1ccco1. The van der Waals surface area contributed by atoms with Gasteiger partial charge in [-0.25, -0.2) is 5.10 Å². The van der Waals surface area contributed by atoms with Gasteiger partial charge >= 0.3 is 0 Å². The first-order chi connectivity index (χ1) is 10.2. The molecule has 0 aliphatic rings. The lowest BCUT2D eigenvalue weighted by Crippen LogP contribution is -2.10. The van der Waals surface area contributed by atoms with Crippen LogP contribution < -0.4 is 10.9 Å². The van der Waals surface area contributed by atoms with Gasteiger partial charge < -0.3 is 9.73 Å². The summed E-state index contributed by atoms with van der Waals surface area (Å²) in [4.78, 5) is 22.9. The number of furan rings is 1. The van der Waals surface area contributed by atoms with E-state index in [0.29, 0.717) is 11.4 Å². The molecule has 0 aliphatic carbocycles. The zero-order valence-corrected chi connectivity index (χ0v) is 10.9. The third-order valence-corrected chi connectivity index (χ3v) is 2.84. The molecule has 3 aromatic rings. The molecule has 104 valence electrons. The second kappa shape index (κ2) is 5.46. The zero-order valence-electron chi connectivity index (χ0n) is 10.9. The summed E-state index contributed by atoms with van der Waals surface area (Å²) in [6.45, 7) is 0. The van der Waals surface area contributed by atoms with Crippen LogP contribution in [-0.2, 0) is 0 Å². The highest BCUT2D eigenvalue weighted by atomic mass is 16.3.